The molecule has 0 spiro atoms. The van der Waals surface area contributed by atoms with Crippen molar-refractivity contribution in [3.05, 3.63) is 53.9 Å². The second-order valence-electron chi connectivity index (χ2n) is 6.74. The Balaban J connectivity index is 1.50. The summed E-state index contributed by atoms with van der Waals surface area (Å²) in [7, 11) is 0. The van der Waals surface area contributed by atoms with Crippen LogP contribution in [0.15, 0.2) is 42.6 Å². The Hall–Kier alpha value is -2.76. The van der Waals surface area contributed by atoms with Gasteiger partial charge < -0.3 is 19.5 Å². The standard InChI is InChI=1S/C20H25N3O3/c1-15(2)26-17-7-5-16(6-8-17)14-19(24)22-10-12-23(13-11-22)20(25)18-4-3-9-21-18/h3-9,15,21H,10-14H2,1-2H3. The highest BCUT2D eigenvalue weighted by Crippen LogP contribution is 2.15. The molecule has 1 aromatic heterocycles. The fourth-order valence-corrected chi connectivity index (χ4v) is 3.04. The Labute approximate surface area is 153 Å². The zero-order valence-corrected chi connectivity index (χ0v) is 15.3. The van der Waals surface area contributed by atoms with Crippen LogP contribution in [0.1, 0.15) is 29.9 Å². The monoisotopic (exact) mass is 355 g/mol. The van der Waals surface area contributed by atoms with E-state index in [1.165, 1.54) is 0 Å². The Kier molecular flexibility index (Phi) is 5.61. The van der Waals surface area contributed by atoms with Gasteiger partial charge in [0.15, 0.2) is 0 Å². The number of carbonyl (C=O) groups excluding carboxylic acids is 2. The van der Waals surface area contributed by atoms with Crippen LogP contribution in [0, 0.1) is 0 Å². The van der Waals surface area contributed by atoms with E-state index in [2.05, 4.69) is 4.98 Å². The zero-order valence-electron chi connectivity index (χ0n) is 15.3. The minimum atomic E-state index is -0.0113. The van der Waals surface area contributed by atoms with Gasteiger partial charge in [0, 0.05) is 32.4 Å². The van der Waals surface area contributed by atoms with Gasteiger partial charge >= 0.3 is 0 Å². The summed E-state index contributed by atoms with van der Waals surface area (Å²) in [5.41, 5.74) is 1.56. The molecule has 6 nitrogen and oxygen atoms in total. The lowest BCUT2D eigenvalue weighted by molar-refractivity contribution is -0.131. The van der Waals surface area contributed by atoms with E-state index in [1.807, 2.05) is 49.1 Å². The van der Waals surface area contributed by atoms with Crippen LogP contribution in [0.4, 0.5) is 0 Å². The number of rotatable bonds is 5. The molecule has 138 valence electrons. The predicted molar refractivity (Wildman–Crippen MR) is 99.2 cm³/mol. The molecule has 6 heteroatoms. The predicted octanol–water partition coefficient (Wildman–Crippen LogP) is 2.33. The van der Waals surface area contributed by atoms with Crippen LogP contribution in [-0.4, -0.2) is 58.9 Å². The number of carbonyl (C=O) groups is 2. The normalized spacial score (nSPS) is 14.6. The largest absolute Gasteiger partial charge is 0.491 e. The first-order chi connectivity index (χ1) is 12.5. The number of aromatic nitrogens is 1. The Morgan fingerprint density at radius 1 is 1.04 bits per heavy atom. The number of ether oxygens (including phenoxy) is 1. The van der Waals surface area contributed by atoms with Crippen molar-refractivity contribution in [1.82, 2.24) is 14.8 Å². The number of hydrogen-bond acceptors (Lipinski definition) is 3. The highest BCUT2D eigenvalue weighted by Gasteiger charge is 2.25. The van der Waals surface area contributed by atoms with Crippen LogP contribution in [0.2, 0.25) is 0 Å². The third-order valence-corrected chi connectivity index (χ3v) is 4.40. The van der Waals surface area contributed by atoms with Crippen LogP contribution in [0.3, 0.4) is 0 Å². The maximum Gasteiger partial charge on any atom is 0.270 e. The van der Waals surface area contributed by atoms with Gasteiger partial charge in [-0.3, -0.25) is 9.59 Å². The molecule has 0 saturated carbocycles. The molecule has 0 aliphatic carbocycles. The summed E-state index contributed by atoms with van der Waals surface area (Å²) in [5.74, 6) is 0.894. The summed E-state index contributed by atoms with van der Waals surface area (Å²) in [6.45, 7) is 6.23. The molecule has 0 bridgehead atoms. The van der Waals surface area contributed by atoms with Gasteiger partial charge in [0.1, 0.15) is 11.4 Å². The fourth-order valence-electron chi connectivity index (χ4n) is 3.04. The van der Waals surface area contributed by atoms with Gasteiger partial charge in [-0.25, -0.2) is 0 Å². The Morgan fingerprint density at radius 3 is 2.27 bits per heavy atom. The molecule has 1 aromatic carbocycles. The van der Waals surface area contributed by atoms with E-state index in [0.29, 0.717) is 38.3 Å². The maximum absolute atomic E-state index is 12.5. The van der Waals surface area contributed by atoms with Gasteiger partial charge in [0.2, 0.25) is 5.91 Å². The first-order valence-corrected chi connectivity index (χ1v) is 8.99. The third-order valence-electron chi connectivity index (χ3n) is 4.40. The lowest BCUT2D eigenvalue weighted by atomic mass is 10.1. The number of amides is 2. The van der Waals surface area contributed by atoms with Crippen molar-refractivity contribution < 1.29 is 14.3 Å². The highest BCUT2D eigenvalue weighted by molar-refractivity contribution is 5.92. The maximum atomic E-state index is 12.5. The third kappa shape index (κ3) is 4.45. The van der Waals surface area contributed by atoms with Crippen LogP contribution in [0.5, 0.6) is 5.75 Å². The molecule has 1 fully saturated rings. The van der Waals surface area contributed by atoms with E-state index in [0.717, 1.165) is 11.3 Å². The minimum Gasteiger partial charge on any atom is -0.491 e. The SMILES string of the molecule is CC(C)Oc1ccc(CC(=O)N2CCN(C(=O)c3ccc[nH]3)CC2)cc1. The summed E-state index contributed by atoms with van der Waals surface area (Å²) in [6.07, 6.45) is 2.24. The van der Waals surface area contributed by atoms with Crippen molar-refractivity contribution in [2.75, 3.05) is 26.2 Å². The number of benzene rings is 1. The van der Waals surface area contributed by atoms with Gasteiger partial charge in [0.25, 0.3) is 5.91 Å². The lowest BCUT2D eigenvalue weighted by Crippen LogP contribution is -2.51. The van der Waals surface area contributed by atoms with Gasteiger partial charge in [-0.15, -0.1) is 0 Å². The molecule has 3 rings (SSSR count). The average Bonchev–Trinajstić information content (AvgIpc) is 3.17. The minimum absolute atomic E-state index is 0.0113. The van der Waals surface area contributed by atoms with Gasteiger partial charge in [-0.1, -0.05) is 12.1 Å². The van der Waals surface area contributed by atoms with E-state index in [-0.39, 0.29) is 17.9 Å². The molecule has 26 heavy (non-hydrogen) atoms. The van der Waals surface area contributed by atoms with Crippen molar-refractivity contribution in [2.45, 2.75) is 26.4 Å². The molecule has 0 unspecified atom stereocenters. The van der Waals surface area contributed by atoms with Crippen molar-refractivity contribution in [3.63, 3.8) is 0 Å². The first kappa shape index (κ1) is 18.0. The van der Waals surface area contributed by atoms with Gasteiger partial charge in [-0.05, 0) is 43.7 Å². The van der Waals surface area contributed by atoms with Crippen LogP contribution >= 0.6 is 0 Å². The van der Waals surface area contributed by atoms with E-state index < -0.39 is 0 Å². The quantitative estimate of drug-likeness (QED) is 0.895. The number of hydrogen-bond donors (Lipinski definition) is 1. The van der Waals surface area contributed by atoms with Crippen molar-refractivity contribution in [2.24, 2.45) is 0 Å². The van der Waals surface area contributed by atoms with Crippen LogP contribution in [0.25, 0.3) is 0 Å². The molecule has 1 saturated heterocycles. The summed E-state index contributed by atoms with van der Waals surface area (Å²) < 4.78 is 5.62. The van der Waals surface area contributed by atoms with Gasteiger partial charge in [0.05, 0.1) is 12.5 Å². The summed E-state index contributed by atoms with van der Waals surface area (Å²) in [6, 6.07) is 11.2. The Morgan fingerprint density at radius 2 is 1.69 bits per heavy atom. The van der Waals surface area contributed by atoms with Crippen LogP contribution in [-0.2, 0) is 11.2 Å². The number of aromatic amines is 1. The summed E-state index contributed by atoms with van der Waals surface area (Å²) in [5, 5.41) is 0. The lowest BCUT2D eigenvalue weighted by Gasteiger charge is -2.34. The van der Waals surface area contributed by atoms with Crippen LogP contribution < -0.4 is 4.74 Å². The molecule has 2 aromatic rings. The molecule has 0 radical (unpaired) electrons. The average molecular weight is 355 g/mol. The number of nitrogens with zero attached hydrogens (tertiary/aromatic N) is 2. The molecule has 2 amide bonds. The molecule has 1 aliphatic heterocycles. The van der Waals surface area contributed by atoms with E-state index >= 15 is 0 Å². The van der Waals surface area contributed by atoms with Gasteiger partial charge in [-0.2, -0.15) is 0 Å². The number of piperazine rings is 1. The van der Waals surface area contributed by atoms with E-state index in [9.17, 15) is 9.59 Å². The van der Waals surface area contributed by atoms with Crippen molar-refractivity contribution in [3.8, 4) is 5.75 Å². The molecule has 1 aliphatic rings. The molecule has 0 atom stereocenters. The zero-order chi connectivity index (χ0) is 18.5. The molecule has 1 N–H and O–H groups in total. The number of H-pyrrole nitrogens is 1. The van der Waals surface area contributed by atoms with Crippen molar-refractivity contribution >= 4 is 11.8 Å². The molecular weight excluding hydrogens is 330 g/mol. The smallest absolute Gasteiger partial charge is 0.270 e. The second-order valence-corrected chi connectivity index (χ2v) is 6.74. The first-order valence-electron chi connectivity index (χ1n) is 8.99. The second kappa shape index (κ2) is 8.08. The summed E-state index contributed by atoms with van der Waals surface area (Å²) >= 11 is 0. The van der Waals surface area contributed by atoms with Crippen molar-refractivity contribution in [1.29, 1.82) is 0 Å². The van der Waals surface area contributed by atoms with E-state index in [4.69, 9.17) is 4.74 Å². The Bertz CT molecular complexity index is 730. The molecular formula is C20H25N3O3. The fraction of sp³-hybridized carbons (Fsp3) is 0.400. The van der Waals surface area contributed by atoms with E-state index in [1.54, 1.807) is 17.2 Å². The highest BCUT2D eigenvalue weighted by atomic mass is 16.5. The number of nitrogens with one attached hydrogen (secondary N) is 1. The summed E-state index contributed by atoms with van der Waals surface area (Å²) in [4.78, 5) is 31.4. The molecule has 2 heterocycles. The topological polar surface area (TPSA) is 65.6 Å².